The summed E-state index contributed by atoms with van der Waals surface area (Å²) < 4.78 is 15.5. The van der Waals surface area contributed by atoms with Gasteiger partial charge in [-0.15, -0.1) is 11.8 Å². The summed E-state index contributed by atoms with van der Waals surface area (Å²) in [6, 6.07) is 5.52. The van der Waals surface area contributed by atoms with Crippen LogP contribution in [0.2, 0.25) is 0 Å². The fourth-order valence-electron chi connectivity index (χ4n) is 2.06. The van der Waals surface area contributed by atoms with E-state index in [2.05, 4.69) is 5.32 Å². The van der Waals surface area contributed by atoms with Crippen LogP contribution in [0.25, 0.3) is 0 Å². The van der Waals surface area contributed by atoms with Crippen LogP contribution >= 0.6 is 11.8 Å². The van der Waals surface area contributed by atoms with Crippen molar-refractivity contribution in [2.75, 3.05) is 26.6 Å². The van der Waals surface area contributed by atoms with Crippen molar-refractivity contribution in [3.05, 3.63) is 23.8 Å². The van der Waals surface area contributed by atoms with E-state index in [0.29, 0.717) is 23.9 Å². The van der Waals surface area contributed by atoms with Gasteiger partial charge in [-0.05, 0) is 24.6 Å². The average molecular weight is 297 g/mol. The highest BCUT2D eigenvalue weighted by molar-refractivity contribution is 7.99. The van der Waals surface area contributed by atoms with Crippen molar-refractivity contribution in [2.45, 2.75) is 18.3 Å². The lowest BCUT2D eigenvalue weighted by Crippen LogP contribution is -2.35. The third-order valence-corrected chi connectivity index (χ3v) is 4.33. The number of rotatable bonds is 5. The standard InChI is InChI=1S/C14H19NO4S/c1-4-19-14(16)10-8-20-13(15-10)9-5-6-11(17-2)12(7-9)18-3/h5-7,10,13,15H,4,8H2,1-3H3/t10-,13?/m1/s1. The second-order valence-electron chi connectivity index (χ2n) is 4.30. The van der Waals surface area contributed by atoms with Crippen LogP contribution < -0.4 is 14.8 Å². The number of benzene rings is 1. The topological polar surface area (TPSA) is 56.8 Å². The Labute approximate surface area is 123 Å². The number of hydrogen-bond acceptors (Lipinski definition) is 6. The molecule has 1 N–H and O–H groups in total. The van der Waals surface area contributed by atoms with E-state index in [1.165, 1.54) is 0 Å². The van der Waals surface area contributed by atoms with Crippen LogP contribution in [-0.2, 0) is 9.53 Å². The Bertz CT molecular complexity index is 480. The average Bonchev–Trinajstić information content (AvgIpc) is 2.96. The minimum Gasteiger partial charge on any atom is -0.493 e. The molecule has 1 aliphatic heterocycles. The van der Waals surface area contributed by atoms with E-state index < -0.39 is 0 Å². The van der Waals surface area contributed by atoms with Gasteiger partial charge in [0.1, 0.15) is 6.04 Å². The zero-order valence-electron chi connectivity index (χ0n) is 11.8. The first-order chi connectivity index (χ1) is 9.69. The number of hydrogen-bond donors (Lipinski definition) is 1. The van der Waals surface area contributed by atoms with Crippen LogP contribution in [0.1, 0.15) is 17.9 Å². The molecule has 1 unspecified atom stereocenters. The number of methoxy groups -OCH3 is 2. The zero-order valence-corrected chi connectivity index (χ0v) is 12.7. The van der Waals surface area contributed by atoms with Gasteiger partial charge in [0.05, 0.1) is 26.2 Å². The summed E-state index contributed by atoms with van der Waals surface area (Å²) in [6.07, 6.45) is 0. The summed E-state index contributed by atoms with van der Waals surface area (Å²) in [4.78, 5) is 11.7. The highest BCUT2D eigenvalue weighted by Crippen LogP contribution is 2.37. The minimum atomic E-state index is -0.252. The predicted octanol–water partition coefficient (Wildman–Crippen LogP) is 1.97. The minimum absolute atomic E-state index is 0.0595. The zero-order chi connectivity index (χ0) is 14.5. The van der Waals surface area contributed by atoms with E-state index in [0.717, 1.165) is 5.56 Å². The maximum absolute atomic E-state index is 11.7. The van der Waals surface area contributed by atoms with Crippen molar-refractivity contribution >= 4 is 17.7 Å². The summed E-state index contributed by atoms with van der Waals surface area (Å²) in [5.41, 5.74) is 1.06. The van der Waals surface area contributed by atoms with Gasteiger partial charge in [-0.2, -0.15) is 0 Å². The summed E-state index contributed by atoms with van der Waals surface area (Å²) in [6.45, 7) is 2.22. The SMILES string of the molecule is CCOC(=O)[C@H]1CSC(c2ccc(OC)c(OC)c2)N1. The Balaban J connectivity index is 2.08. The number of nitrogens with one attached hydrogen (secondary N) is 1. The number of esters is 1. The van der Waals surface area contributed by atoms with E-state index >= 15 is 0 Å². The van der Waals surface area contributed by atoms with Crippen molar-refractivity contribution in [3.8, 4) is 11.5 Å². The number of carbonyl (C=O) groups is 1. The maximum Gasteiger partial charge on any atom is 0.324 e. The largest absolute Gasteiger partial charge is 0.493 e. The van der Waals surface area contributed by atoms with Gasteiger partial charge in [-0.1, -0.05) is 6.07 Å². The number of thioether (sulfide) groups is 1. The fourth-order valence-corrected chi connectivity index (χ4v) is 3.28. The van der Waals surface area contributed by atoms with Crippen molar-refractivity contribution in [2.24, 2.45) is 0 Å². The molecule has 0 spiro atoms. The van der Waals surface area contributed by atoms with Crippen molar-refractivity contribution < 1.29 is 19.0 Å². The van der Waals surface area contributed by atoms with Crippen LogP contribution in [0, 0.1) is 0 Å². The van der Waals surface area contributed by atoms with Gasteiger partial charge in [0.25, 0.3) is 0 Å². The van der Waals surface area contributed by atoms with Gasteiger partial charge in [-0.3, -0.25) is 10.1 Å². The molecule has 20 heavy (non-hydrogen) atoms. The first kappa shape index (κ1) is 15.0. The van der Waals surface area contributed by atoms with Crippen molar-refractivity contribution in [1.29, 1.82) is 0 Å². The molecule has 1 aliphatic rings. The second kappa shape index (κ2) is 6.85. The Morgan fingerprint density at radius 2 is 2.10 bits per heavy atom. The van der Waals surface area contributed by atoms with Crippen LogP contribution in [0.5, 0.6) is 11.5 Å². The molecule has 0 amide bonds. The van der Waals surface area contributed by atoms with Crippen molar-refractivity contribution in [3.63, 3.8) is 0 Å². The van der Waals surface area contributed by atoms with E-state index in [4.69, 9.17) is 14.2 Å². The molecule has 0 bridgehead atoms. The van der Waals surface area contributed by atoms with Gasteiger partial charge in [0.2, 0.25) is 0 Å². The lowest BCUT2D eigenvalue weighted by Gasteiger charge is -2.15. The smallest absolute Gasteiger partial charge is 0.324 e. The molecule has 5 nitrogen and oxygen atoms in total. The number of carbonyl (C=O) groups excluding carboxylic acids is 1. The molecular formula is C14H19NO4S. The van der Waals surface area contributed by atoms with Crippen molar-refractivity contribution in [1.82, 2.24) is 5.32 Å². The lowest BCUT2D eigenvalue weighted by molar-refractivity contribution is -0.144. The fraction of sp³-hybridized carbons (Fsp3) is 0.500. The summed E-state index contributed by atoms with van der Waals surface area (Å²) >= 11 is 1.68. The molecular weight excluding hydrogens is 278 g/mol. The highest BCUT2D eigenvalue weighted by Gasteiger charge is 2.31. The van der Waals surface area contributed by atoms with Gasteiger partial charge in [0, 0.05) is 5.75 Å². The summed E-state index contributed by atoms with van der Waals surface area (Å²) in [5.74, 6) is 1.90. The Kier molecular flexibility index (Phi) is 5.14. The molecule has 1 saturated heterocycles. The molecule has 0 aliphatic carbocycles. The third-order valence-electron chi connectivity index (χ3n) is 3.06. The quantitative estimate of drug-likeness (QED) is 0.839. The molecule has 110 valence electrons. The van der Waals surface area contributed by atoms with Crippen LogP contribution in [0.3, 0.4) is 0 Å². The van der Waals surface area contributed by atoms with E-state index in [1.807, 2.05) is 25.1 Å². The highest BCUT2D eigenvalue weighted by atomic mass is 32.2. The molecule has 0 aromatic heterocycles. The van der Waals surface area contributed by atoms with Gasteiger partial charge >= 0.3 is 5.97 Å². The first-order valence-corrected chi connectivity index (χ1v) is 7.50. The summed E-state index contributed by atoms with van der Waals surface area (Å²) in [5, 5.41) is 3.33. The molecule has 1 fully saturated rings. The Morgan fingerprint density at radius 3 is 2.75 bits per heavy atom. The van der Waals surface area contributed by atoms with Gasteiger partial charge in [-0.25, -0.2) is 0 Å². The third kappa shape index (κ3) is 3.19. The molecule has 0 saturated carbocycles. The van der Waals surface area contributed by atoms with Crippen LogP contribution in [0.15, 0.2) is 18.2 Å². The van der Waals surface area contributed by atoms with E-state index in [-0.39, 0.29) is 17.4 Å². The molecule has 2 rings (SSSR count). The molecule has 2 atom stereocenters. The van der Waals surface area contributed by atoms with E-state index in [9.17, 15) is 4.79 Å². The number of ether oxygens (including phenoxy) is 3. The normalized spacial score (nSPS) is 21.6. The molecule has 0 radical (unpaired) electrons. The molecule has 1 aromatic rings. The summed E-state index contributed by atoms with van der Waals surface area (Å²) in [7, 11) is 3.22. The van der Waals surface area contributed by atoms with Crippen LogP contribution in [0.4, 0.5) is 0 Å². The van der Waals surface area contributed by atoms with Crippen LogP contribution in [-0.4, -0.2) is 38.6 Å². The Morgan fingerprint density at radius 1 is 1.35 bits per heavy atom. The Hall–Kier alpha value is -1.40. The molecule has 1 heterocycles. The first-order valence-electron chi connectivity index (χ1n) is 6.45. The molecule has 1 aromatic carbocycles. The van der Waals surface area contributed by atoms with Gasteiger partial charge in [0.15, 0.2) is 11.5 Å². The maximum atomic E-state index is 11.7. The van der Waals surface area contributed by atoms with E-state index in [1.54, 1.807) is 26.0 Å². The predicted molar refractivity (Wildman–Crippen MR) is 78.3 cm³/mol. The lowest BCUT2D eigenvalue weighted by atomic mass is 10.2. The molecule has 6 heteroatoms. The monoisotopic (exact) mass is 297 g/mol. The van der Waals surface area contributed by atoms with Gasteiger partial charge < -0.3 is 14.2 Å². The second-order valence-corrected chi connectivity index (χ2v) is 5.44.